The predicted molar refractivity (Wildman–Crippen MR) is 274 cm³/mol. The van der Waals surface area contributed by atoms with Gasteiger partial charge in [-0.3, -0.25) is 9.55 Å². The first-order valence-corrected chi connectivity index (χ1v) is 22.3. The number of phenols is 1. The molecule has 2 heterocycles. The Morgan fingerprint density at radius 3 is 1.98 bits per heavy atom. The summed E-state index contributed by atoms with van der Waals surface area (Å²) in [4.78, 5) is 10.5. The second-order valence-corrected chi connectivity index (χ2v) is 19.5. The van der Waals surface area contributed by atoms with Crippen LogP contribution in [0, 0.1) is 13.8 Å². The smallest absolute Gasteiger partial charge is 0.149 e. The van der Waals surface area contributed by atoms with Crippen molar-refractivity contribution in [2.75, 3.05) is 0 Å². The molecule has 0 unspecified atom stereocenters. The number of para-hydroxylation sites is 1. The maximum absolute atomic E-state index is 12.6. The standard InChI is InChI=1S/C61H59N3O/c1-38(2)43-27-28-54(50(34-43)42-23-15-12-16-24-42)64-55-26-18-25-49(57(55)63-59(64)51-36-48(60(5,6)7)37-52(58(51)65)61(8,9)10)46-31-45(41-21-13-11-14-22-41)32-47(33-46)53-35-44(29-30-62-53)56-39(3)19-17-20-40(56)4/h11-38,65H,1-10H3/i12D,15D,16D,23D,24D,38D. The summed E-state index contributed by atoms with van der Waals surface area (Å²) in [6, 6.07) is 40.6. The van der Waals surface area contributed by atoms with Gasteiger partial charge in [0, 0.05) is 29.8 Å². The number of hydrogen-bond donors (Lipinski definition) is 1. The quantitative estimate of drug-likeness (QED) is 0.166. The van der Waals surface area contributed by atoms with Crippen molar-refractivity contribution in [3.05, 3.63) is 192 Å². The fourth-order valence-corrected chi connectivity index (χ4v) is 8.94. The van der Waals surface area contributed by atoms with Gasteiger partial charge in [-0.05, 0) is 141 Å². The molecule has 0 fully saturated rings. The number of hydrogen-bond acceptors (Lipinski definition) is 3. The molecule has 4 heteroatoms. The minimum atomic E-state index is -1.11. The SMILES string of the molecule is [2H]c1c([2H])c([2H])c(-c2cc(C([2H])(C)C)ccc2-n2c(-c3cc(C(C)(C)C)cc(C(C)(C)C)c3O)nc3c(-c4cc(-c5ccccc5)cc(-c5cc(-c6c(C)cccc6C)ccn5)c4)cccc32)c([2H])c1[2H]. The predicted octanol–water partition coefficient (Wildman–Crippen LogP) is 16.5. The maximum atomic E-state index is 12.6. The van der Waals surface area contributed by atoms with Crippen LogP contribution in [-0.4, -0.2) is 19.6 Å². The van der Waals surface area contributed by atoms with Crippen molar-refractivity contribution in [3.63, 3.8) is 0 Å². The van der Waals surface area contributed by atoms with E-state index >= 15 is 0 Å². The molecule has 1 N–H and O–H groups in total. The van der Waals surface area contributed by atoms with Gasteiger partial charge in [0.15, 0.2) is 0 Å². The van der Waals surface area contributed by atoms with Gasteiger partial charge in [-0.1, -0.05) is 158 Å². The van der Waals surface area contributed by atoms with Gasteiger partial charge in [0.25, 0.3) is 0 Å². The Hall–Kier alpha value is -7.04. The lowest BCUT2D eigenvalue weighted by atomic mass is 9.79. The van der Waals surface area contributed by atoms with E-state index in [4.69, 9.17) is 15.5 Å². The van der Waals surface area contributed by atoms with Gasteiger partial charge in [-0.25, -0.2) is 4.98 Å². The highest BCUT2D eigenvalue weighted by atomic mass is 16.3. The topological polar surface area (TPSA) is 50.9 Å². The number of nitrogens with zero attached hydrogens (tertiary/aromatic N) is 3. The molecule has 9 rings (SSSR count). The third kappa shape index (κ3) is 8.30. The minimum Gasteiger partial charge on any atom is -0.507 e. The van der Waals surface area contributed by atoms with E-state index < -0.39 is 29.4 Å². The molecule has 0 radical (unpaired) electrons. The van der Waals surface area contributed by atoms with Gasteiger partial charge < -0.3 is 5.11 Å². The van der Waals surface area contributed by atoms with Crippen molar-refractivity contribution in [1.29, 1.82) is 0 Å². The third-order valence-electron chi connectivity index (χ3n) is 12.5. The Morgan fingerprint density at radius 2 is 1.29 bits per heavy atom. The number of aromatic hydroxyl groups is 1. The molecule has 9 aromatic rings. The van der Waals surface area contributed by atoms with Crippen molar-refractivity contribution in [2.45, 2.75) is 86.0 Å². The summed E-state index contributed by atoms with van der Waals surface area (Å²) in [6.45, 7) is 20.4. The van der Waals surface area contributed by atoms with Gasteiger partial charge in [-0.2, -0.15) is 0 Å². The van der Waals surface area contributed by atoms with Crippen LogP contribution in [0.1, 0.15) is 97.3 Å². The van der Waals surface area contributed by atoms with E-state index in [1.807, 2.05) is 65.4 Å². The van der Waals surface area contributed by atoms with Crippen LogP contribution >= 0.6 is 0 Å². The number of benzene rings is 7. The average molecular weight is 856 g/mol. The molecule has 0 saturated heterocycles. The number of rotatable bonds is 8. The molecule has 65 heavy (non-hydrogen) atoms. The zero-order chi connectivity index (χ0) is 51.1. The Labute approximate surface area is 393 Å². The number of pyridine rings is 1. The zero-order valence-electron chi connectivity index (χ0n) is 45.0. The van der Waals surface area contributed by atoms with Crippen LogP contribution in [0.15, 0.2) is 164 Å². The summed E-state index contributed by atoms with van der Waals surface area (Å²) in [5, 5.41) is 12.6. The van der Waals surface area contributed by atoms with Crippen LogP contribution in [0.5, 0.6) is 5.75 Å². The first-order valence-electron chi connectivity index (χ1n) is 25.3. The van der Waals surface area contributed by atoms with Gasteiger partial charge in [0.2, 0.25) is 0 Å². The lowest BCUT2D eigenvalue weighted by molar-refractivity contribution is 0.446. The first-order chi connectivity index (χ1) is 33.4. The zero-order valence-corrected chi connectivity index (χ0v) is 39.0. The van der Waals surface area contributed by atoms with Crippen molar-refractivity contribution >= 4 is 11.0 Å². The van der Waals surface area contributed by atoms with E-state index in [1.165, 1.54) is 16.7 Å². The normalized spacial score (nSPS) is 13.5. The Morgan fingerprint density at radius 1 is 0.600 bits per heavy atom. The highest BCUT2D eigenvalue weighted by molar-refractivity contribution is 5.98. The van der Waals surface area contributed by atoms with Gasteiger partial charge in [-0.15, -0.1) is 0 Å². The van der Waals surface area contributed by atoms with E-state index in [2.05, 4.69) is 122 Å². The lowest BCUT2D eigenvalue weighted by Gasteiger charge is -2.27. The van der Waals surface area contributed by atoms with Crippen LogP contribution in [0.3, 0.4) is 0 Å². The largest absolute Gasteiger partial charge is 0.507 e. The molecule has 0 bridgehead atoms. The van der Waals surface area contributed by atoms with E-state index in [-0.39, 0.29) is 28.8 Å². The molecule has 0 aliphatic carbocycles. The summed E-state index contributed by atoms with van der Waals surface area (Å²) in [7, 11) is 0. The second-order valence-electron chi connectivity index (χ2n) is 19.5. The molecular weight excluding hydrogens is 791 g/mol. The molecular formula is C61H59N3O. The molecule has 4 nitrogen and oxygen atoms in total. The fraction of sp³-hybridized carbons (Fsp3) is 0.213. The summed E-state index contributed by atoms with van der Waals surface area (Å²) >= 11 is 0. The maximum Gasteiger partial charge on any atom is 0.149 e. The van der Waals surface area contributed by atoms with Crippen LogP contribution in [0.2, 0.25) is 0 Å². The molecule has 0 atom stereocenters. The van der Waals surface area contributed by atoms with Crippen molar-refractivity contribution in [2.24, 2.45) is 0 Å². The van der Waals surface area contributed by atoms with Crippen molar-refractivity contribution < 1.29 is 13.3 Å². The molecule has 324 valence electrons. The summed E-state index contributed by atoms with van der Waals surface area (Å²) in [5.74, 6) is -0.640. The fourth-order valence-electron chi connectivity index (χ4n) is 8.94. The summed E-state index contributed by atoms with van der Waals surface area (Å²) in [6.07, 6.45) is 1.87. The Kier molecular flexibility index (Phi) is 9.40. The van der Waals surface area contributed by atoms with Crippen LogP contribution in [0.25, 0.3) is 83.9 Å². The summed E-state index contributed by atoms with van der Waals surface area (Å²) in [5.41, 5.74) is 14.1. The van der Waals surface area contributed by atoms with E-state index in [1.54, 1.807) is 19.9 Å². The van der Waals surface area contributed by atoms with Crippen LogP contribution < -0.4 is 0 Å². The molecule has 0 aliphatic rings. The van der Waals surface area contributed by atoms with Gasteiger partial charge in [0.1, 0.15) is 11.6 Å². The van der Waals surface area contributed by atoms with E-state index in [0.29, 0.717) is 39.2 Å². The van der Waals surface area contributed by atoms with Crippen LogP contribution in [0.4, 0.5) is 0 Å². The highest BCUT2D eigenvalue weighted by Crippen LogP contribution is 2.46. The van der Waals surface area contributed by atoms with E-state index in [9.17, 15) is 7.85 Å². The first kappa shape index (κ1) is 36.3. The monoisotopic (exact) mass is 856 g/mol. The lowest BCUT2D eigenvalue weighted by Crippen LogP contribution is -2.17. The molecule has 0 saturated carbocycles. The van der Waals surface area contributed by atoms with Crippen LogP contribution in [-0.2, 0) is 10.8 Å². The van der Waals surface area contributed by atoms with E-state index in [0.717, 1.165) is 50.2 Å². The average Bonchev–Trinajstić information content (AvgIpc) is 3.71. The molecule has 0 amide bonds. The molecule has 0 spiro atoms. The minimum absolute atomic E-state index is 0.0000704. The Bertz CT molecular complexity index is 3530. The highest BCUT2D eigenvalue weighted by Gasteiger charge is 2.29. The number of imidazole rings is 1. The van der Waals surface area contributed by atoms with Crippen molar-refractivity contribution in [3.8, 4) is 78.6 Å². The van der Waals surface area contributed by atoms with Crippen molar-refractivity contribution in [1.82, 2.24) is 14.5 Å². The number of aromatic nitrogens is 3. The Balaban J connectivity index is 1.41. The van der Waals surface area contributed by atoms with Gasteiger partial charge in [0.05, 0.1) is 34.8 Å². The number of phenolic OH excluding ortho intramolecular Hbond substituents is 1. The van der Waals surface area contributed by atoms with Gasteiger partial charge >= 0.3 is 0 Å². The number of aryl methyl sites for hydroxylation is 2. The molecule has 2 aromatic heterocycles. The summed E-state index contributed by atoms with van der Waals surface area (Å²) < 4.78 is 55.6. The third-order valence-corrected chi connectivity index (χ3v) is 12.5. The second kappa shape index (κ2) is 16.8. The number of fused-ring (bicyclic) bond motifs is 1. The molecule has 7 aromatic carbocycles. The molecule has 0 aliphatic heterocycles.